The second-order valence-electron chi connectivity index (χ2n) is 3.75. The molecule has 0 atom stereocenters. The van der Waals surface area contributed by atoms with E-state index in [1.165, 1.54) is 6.20 Å². The second kappa shape index (κ2) is 3.29. The first-order chi connectivity index (χ1) is 8.21. The maximum Gasteiger partial charge on any atom is 0.186 e. The summed E-state index contributed by atoms with van der Waals surface area (Å²) in [6, 6.07) is 1.09. The molecule has 1 aromatic carbocycles. The average Bonchev–Trinajstić information content (AvgIpc) is 2.67. The summed E-state index contributed by atoms with van der Waals surface area (Å²) in [5.74, 6) is -2.18. The van der Waals surface area contributed by atoms with Crippen LogP contribution in [-0.4, -0.2) is 9.78 Å². The Morgan fingerprint density at radius 1 is 1.47 bits per heavy atom. The molecule has 0 radical (unpaired) electrons. The molecule has 80 valence electrons. The van der Waals surface area contributed by atoms with Gasteiger partial charge in [-0.1, -0.05) is 13.8 Å². The number of nitrogens with zero attached hydrogens (tertiary/aromatic N) is 2. The van der Waals surface area contributed by atoms with Crippen molar-refractivity contribution in [2.75, 3.05) is 0 Å². The molecular weight excluding hydrogens is 198 g/mol. The summed E-state index contributed by atoms with van der Waals surface area (Å²) in [7, 11) is 0. The minimum absolute atomic E-state index is 0.0585. The monoisotopic (exact) mass is 213 g/mol. The molecule has 0 amide bonds. The third kappa shape index (κ3) is 1.50. The first-order valence-corrected chi connectivity index (χ1v) is 4.59. The highest BCUT2D eigenvalue weighted by atomic mass is 19.2. The van der Waals surface area contributed by atoms with Crippen molar-refractivity contribution in [3.05, 3.63) is 29.5 Å². The third-order valence-corrected chi connectivity index (χ3v) is 2.35. The maximum absolute atomic E-state index is 13.6. The highest BCUT2D eigenvalue weighted by Gasteiger charge is 2.16. The molecular formula is C11H12F2N2. The summed E-state index contributed by atoms with van der Waals surface area (Å²) in [6.07, 6.45) is 1.24. The van der Waals surface area contributed by atoms with Crippen LogP contribution in [0.15, 0.2) is 12.3 Å². The van der Waals surface area contributed by atoms with E-state index in [9.17, 15) is 8.78 Å². The van der Waals surface area contributed by atoms with Gasteiger partial charge in [-0.05, 0) is 17.5 Å². The van der Waals surface area contributed by atoms with Crippen LogP contribution in [0.3, 0.4) is 0 Å². The Labute approximate surface area is 90.7 Å². The van der Waals surface area contributed by atoms with Gasteiger partial charge >= 0.3 is 0 Å². The second-order valence-corrected chi connectivity index (χ2v) is 3.75. The van der Waals surface area contributed by atoms with Gasteiger partial charge in [-0.2, -0.15) is 5.10 Å². The molecule has 0 spiro atoms. The highest BCUT2D eigenvalue weighted by Crippen LogP contribution is 2.28. The highest BCUT2D eigenvalue weighted by molar-refractivity contribution is 5.83. The fourth-order valence-electron chi connectivity index (χ4n) is 1.62. The van der Waals surface area contributed by atoms with Crippen molar-refractivity contribution in [3.63, 3.8) is 0 Å². The Balaban J connectivity index is 2.81. The zero-order valence-corrected chi connectivity index (χ0v) is 8.38. The summed E-state index contributed by atoms with van der Waals surface area (Å²) >= 11 is 0. The lowest BCUT2D eigenvalue weighted by Crippen LogP contribution is -1.94. The molecule has 1 aromatic heterocycles. The number of rotatable bonds is 1. The predicted molar refractivity (Wildman–Crippen MR) is 54.7 cm³/mol. The van der Waals surface area contributed by atoms with Crippen LogP contribution in [0.4, 0.5) is 8.78 Å². The lowest BCUT2D eigenvalue weighted by molar-refractivity contribution is 0.512. The summed E-state index contributed by atoms with van der Waals surface area (Å²) in [4.78, 5) is 0. The Morgan fingerprint density at radius 2 is 2.20 bits per heavy atom. The summed E-state index contributed by atoms with van der Waals surface area (Å²) in [5, 5.41) is 3.96. The fourth-order valence-corrected chi connectivity index (χ4v) is 1.62. The van der Waals surface area contributed by atoms with Crippen LogP contribution in [0, 0.1) is 11.6 Å². The maximum atomic E-state index is 13.6. The topological polar surface area (TPSA) is 17.8 Å². The minimum atomic E-state index is -2.50. The van der Waals surface area contributed by atoms with E-state index in [0.717, 1.165) is 6.07 Å². The molecule has 0 saturated carbocycles. The van der Waals surface area contributed by atoms with Gasteiger partial charge in [-0.25, -0.2) is 8.78 Å². The Bertz CT molecular complexity index is 602. The van der Waals surface area contributed by atoms with E-state index in [-0.39, 0.29) is 11.4 Å². The Hall–Kier alpha value is -1.45. The first kappa shape index (κ1) is 6.93. The van der Waals surface area contributed by atoms with E-state index in [1.807, 2.05) is 13.8 Å². The number of hydrogen-bond donors (Lipinski definition) is 0. The fraction of sp³-hybridized carbons (Fsp3) is 0.364. The molecule has 0 aliphatic rings. The van der Waals surface area contributed by atoms with Crippen molar-refractivity contribution in [2.45, 2.75) is 19.8 Å². The van der Waals surface area contributed by atoms with Gasteiger partial charge in [0.25, 0.3) is 0 Å². The zero-order chi connectivity index (χ0) is 13.7. The number of aromatic nitrogens is 2. The summed E-state index contributed by atoms with van der Waals surface area (Å²) < 4.78 is 49.4. The molecule has 0 aliphatic heterocycles. The third-order valence-electron chi connectivity index (χ3n) is 2.35. The van der Waals surface area contributed by atoms with Gasteiger partial charge in [0.05, 0.1) is 0 Å². The molecule has 2 rings (SSSR count). The van der Waals surface area contributed by atoms with E-state index in [2.05, 4.69) is 5.10 Å². The molecule has 1 heterocycles. The Kier molecular flexibility index (Phi) is 1.52. The van der Waals surface area contributed by atoms with E-state index in [0.29, 0.717) is 15.6 Å². The Morgan fingerprint density at radius 3 is 2.80 bits per heavy atom. The molecule has 0 bridgehead atoms. The zero-order valence-electron chi connectivity index (χ0n) is 11.4. The molecule has 2 aromatic rings. The standard InChI is InChI=1S/C11H12F2N2/c1-6(2)7-4-9(12)10(13)11-8(7)5-15(3)14-11/h4-6H,1-3H3/i3D3. The van der Waals surface area contributed by atoms with E-state index >= 15 is 0 Å². The van der Waals surface area contributed by atoms with Crippen molar-refractivity contribution < 1.29 is 12.9 Å². The number of benzene rings is 1. The smallest absolute Gasteiger partial charge is 0.186 e. The summed E-state index contributed by atoms with van der Waals surface area (Å²) in [5.41, 5.74) is 0.300. The van der Waals surface area contributed by atoms with Crippen LogP contribution >= 0.6 is 0 Å². The van der Waals surface area contributed by atoms with Gasteiger partial charge in [0.15, 0.2) is 11.6 Å². The first-order valence-electron chi connectivity index (χ1n) is 6.09. The van der Waals surface area contributed by atoms with Gasteiger partial charge < -0.3 is 0 Å². The van der Waals surface area contributed by atoms with Crippen LogP contribution in [0.25, 0.3) is 10.9 Å². The van der Waals surface area contributed by atoms with E-state index < -0.39 is 18.6 Å². The molecule has 0 unspecified atom stereocenters. The number of aryl methyl sites for hydroxylation is 1. The van der Waals surface area contributed by atoms with Crippen molar-refractivity contribution in [3.8, 4) is 0 Å². The largest absolute Gasteiger partial charge is 0.274 e. The molecule has 4 heteroatoms. The van der Waals surface area contributed by atoms with Gasteiger partial charge in [0.1, 0.15) is 5.52 Å². The molecule has 2 nitrogen and oxygen atoms in total. The summed E-state index contributed by atoms with van der Waals surface area (Å²) in [6.45, 7) is 1.13. The van der Waals surface area contributed by atoms with Crippen LogP contribution < -0.4 is 0 Å². The lowest BCUT2D eigenvalue weighted by atomic mass is 9.99. The lowest BCUT2D eigenvalue weighted by Gasteiger charge is -2.07. The van der Waals surface area contributed by atoms with Gasteiger partial charge in [0, 0.05) is 22.7 Å². The molecule has 15 heavy (non-hydrogen) atoms. The normalized spacial score (nSPS) is 15.4. The predicted octanol–water partition coefficient (Wildman–Crippen LogP) is 2.97. The quantitative estimate of drug-likeness (QED) is 0.712. The number of hydrogen-bond acceptors (Lipinski definition) is 1. The van der Waals surface area contributed by atoms with Crippen LogP contribution in [0.2, 0.25) is 0 Å². The molecule has 0 N–H and O–H groups in total. The SMILES string of the molecule is [2H]C([2H])([2H])n1cc2c(C(C)C)cc(F)c(F)c2n1. The number of halogens is 2. The molecule has 0 fully saturated rings. The molecule has 0 aliphatic carbocycles. The van der Waals surface area contributed by atoms with Crippen LogP contribution in [-0.2, 0) is 6.98 Å². The van der Waals surface area contributed by atoms with Crippen molar-refractivity contribution in [1.82, 2.24) is 9.78 Å². The van der Waals surface area contributed by atoms with Crippen molar-refractivity contribution >= 4 is 10.9 Å². The van der Waals surface area contributed by atoms with Gasteiger partial charge in [-0.3, -0.25) is 4.68 Å². The van der Waals surface area contributed by atoms with Gasteiger partial charge in [-0.15, -0.1) is 0 Å². The van der Waals surface area contributed by atoms with E-state index in [1.54, 1.807) is 0 Å². The van der Waals surface area contributed by atoms with Crippen LogP contribution in [0.1, 0.15) is 29.4 Å². The van der Waals surface area contributed by atoms with Gasteiger partial charge in [0.2, 0.25) is 0 Å². The molecule has 0 saturated heterocycles. The van der Waals surface area contributed by atoms with Crippen molar-refractivity contribution in [1.29, 1.82) is 0 Å². The van der Waals surface area contributed by atoms with Crippen molar-refractivity contribution in [2.24, 2.45) is 6.98 Å². The average molecular weight is 213 g/mol. The minimum Gasteiger partial charge on any atom is -0.274 e. The number of fused-ring (bicyclic) bond motifs is 1. The van der Waals surface area contributed by atoms with E-state index in [4.69, 9.17) is 4.11 Å². The van der Waals surface area contributed by atoms with Crippen LogP contribution in [0.5, 0.6) is 0 Å².